The van der Waals surface area contributed by atoms with Crippen molar-refractivity contribution in [3.63, 3.8) is 0 Å². The molecular formula is C17H14OS2. The second-order valence-corrected chi connectivity index (χ2v) is 6.59. The monoisotopic (exact) mass is 298 g/mol. The largest absolute Gasteiger partial charge is 0.295 e. The molecule has 0 aliphatic carbocycles. The van der Waals surface area contributed by atoms with Crippen molar-refractivity contribution in [2.75, 3.05) is 0 Å². The van der Waals surface area contributed by atoms with Crippen molar-refractivity contribution in [3.05, 3.63) is 65.0 Å². The van der Waals surface area contributed by atoms with E-state index in [1.165, 1.54) is 20.5 Å². The Kier molecular flexibility index (Phi) is 3.90. The number of thiophene rings is 1. The van der Waals surface area contributed by atoms with Gasteiger partial charge < -0.3 is 0 Å². The summed E-state index contributed by atoms with van der Waals surface area (Å²) in [7, 11) is 0. The lowest BCUT2D eigenvalue weighted by atomic mass is 10.2. The van der Waals surface area contributed by atoms with Crippen LogP contribution in [0.5, 0.6) is 0 Å². The number of Topliss-reactive ketones (excluding diaryl/α,β-unsaturated/α-hetero) is 1. The van der Waals surface area contributed by atoms with Gasteiger partial charge in [-0.15, -0.1) is 23.1 Å². The first-order valence-electron chi connectivity index (χ1n) is 6.43. The molecular weight excluding hydrogens is 284 g/mol. The van der Waals surface area contributed by atoms with Gasteiger partial charge in [0, 0.05) is 20.9 Å². The summed E-state index contributed by atoms with van der Waals surface area (Å²) < 4.78 is 1.34. The first-order chi connectivity index (χ1) is 9.74. The van der Waals surface area contributed by atoms with Crippen molar-refractivity contribution < 1.29 is 4.79 Å². The van der Waals surface area contributed by atoms with Crippen LogP contribution in [0.2, 0.25) is 0 Å². The zero-order chi connectivity index (χ0) is 13.9. The predicted octanol–water partition coefficient (Wildman–Crippen LogP) is 5.40. The highest BCUT2D eigenvalue weighted by molar-refractivity contribution is 7.98. The molecule has 20 heavy (non-hydrogen) atoms. The second kappa shape index (κ2) is 5.81. The average Bonchev–Trinajstić information content (AvgIpc) is 2.89. The average molecular weight is 298 g/mol. The Morgan fingerprint density at radius 2 is 1.85 bits per heavy atom. The van der Waals surface area contributed by atoms with Gasteiger partial charge in [0.1, 0.15) is 0 Å². The molecule has 1 aromatic heterocycles. The number of carbonyl (C=O) groups is 1. The number of hydrogen-bond acceptors (Lipinski definition) is 3. The van der Waals surface area contributed by atoms with E-state index in [0.717, 1.165) is 11.3 Å². The predicted molar refractivity (Wildman–Crippen MR) is 87.8 cm³/mol. The second-order valence-electron chi connectivity index (χ2n) is 4.63. The van der Waals surface area contributed by atoms with Gasteiger partial charge in [-0.2, -0.15) is 0 Å². The van der Waals surface area contributed by atoms with Gasteiger partial charge in [-0.25, -0.2) is 0 Å². The van der Waals surface area contributed by atoms with Crippen LogP contribution >= 0.6 is 23.1 Å². The fourth-order valence-corrected chi connectivity index (χ4v) is 4.05. The summed E-state index contributed by atoms with van der Waals surface area (Å²) in [5, 5.41) is 3.59. The Hall–Kier alpha value is -1.58. The first kappa shape index (κ1) is 13.4. The lowest BCUT2D eigenvalue weighted by Gasteiger charge is -2.02. The number of rotatable bonds is 4. The third kappa shape index (κ3) is 2.79. The van der Waals surface area contributed by atoms with E-state index in [4.69, 9.17) is 0 Å². The van der Waals surface area contributed by atoms with Crippen molar-refractivity contribution in [2.45, 2.75) is 17.6 Å². The maximum absolute atomic E-state index is 11.2. The van der Waals surface area contributed by atoms with Gasteiger partial charge in [-0.1, -0.05) is 30.3 Å². The lowest BCUT2D eigenvalue weighted by molar-refractivity contribution is 0.101. The van der Waals surface area contributed by atoms with E-state index in [2.05, 4.69) is 29.6 Å². The molecule has 0 spiro atoms. The minimum atomic E-state index is 0.116. The van der Waals surface area contributed by atoms with Crippen LogP contribution in [0.3, 0.4) is 0 Å². The topological polar surface area (TPSA) is 17.1 Å². The lowest BCUT2D eigenvalue weighted by Crippen LogP contribution is -1.90. The molecule has 0 unspecified atom stereocenters. The summed E-state index contributed by atoms with van der Waals surface area (Å²) in [6.45, 7) is 1.60. The summed E-state index contributed by atoms with van der Waals surface area (Å²) in [4.78, 5) is 12.4. The van der Waals surface area contributed by atoms with Crippen LogP contribution in [-0.4, -0.2) is 5.78 Å². The summed E-state index contributed by atoms with van der Waals surface area (Å²) >= 11 is 3.61. The smallest absolute Gasteiger partial charge is 0.159 e. The quantitative estimate of drug-likeness (QED) is 0.474. The molecule has 0 amide bonds. The highest BCUT2D eigenvalue weighted by Crippen LogP contribution is 2.31. The molecule has 0 bridgehead atoms. The molecule has 3 rings (SSSR count). The molecule has 1 nitrogen and oxygen atoms in total. The number of hydrogen-bond donors (Lipinski definition) is 0. The molecule has 0 N–H and O–H groups in total. The van der Waals surface area contributed by atoms with Crippen molar-refractivity contribution in [1.82, 2.24) is 0 Å². The van der Waals surface area contributed by atoms with Gasteiger partial charge in [0.15, 0.2) is 5.78 Å². The molecule has 0 saturated heterocycles. The normalized spacial score (nSPS) is 10.8. The Morgan fingerprint density at radius 1 is 1.10 bits per heavy atom. The molecule has 0 aliphatic heterocycles. The summed E-state index contributed by atoms with van der Waals surface area (Å²) in [5.74, 6) is 1.08. The Labute approximate surface area is 126 Å². The van der Waals surface area contributed by atoms with Crippen molar-refractivity contribution in [2.24, 2.45) is 0 Å². The summed E-state index contributed by atoms with van der Waals surface area (Å²) in [5.41, 5.74) is 2.15. The fourth-order valence-electron chi connectivity index (χ4n) is 2.09. The number of fused-ring (bicyclic) bond motifs is 1. The van der Waals surface area contributed by atoms with Crippen LogP contribution in [0.4, 0.5) is 0 Å². The van der Waals surface area contributed by atoms with E-state index in [9.17, 15) is 4.79 Å². The molecule has 0 radical (unpaired) electrons. The SMILES string of the molecule is CC(=O)c1ccc(SCc2csc3ccccc23)cc1. The molecule has 2 aromatic carbocycles. The van der Waals surface area contributed by atoms with E-state index in [-0.39, 0.29) is 5.78 Å². The number of ketones is 1. The minimum Gasteiger partial charge on any atom is -0.295 e. The molecule has 1 heterocycles. The van der Waals surface area contributed by atoms with Crippen molar-refractivity contribution in [1.29, 1.82) is 0 Å². The molecule has 3 aromatic rings. The van der Waals surface area contributed by atoms with Crippen LogP contribution < -0.4 is 0 Å². The third-order valence-electron chi connectivity index (χ3n) is 3.22. The maximum atomic E-state index is 11.2. The maximum Gasteiger partial charge on any atom is 0.159 e. The van der Waals surface area contributed by atoms with Crippen LogP contribution in [0.15, 0.2) is 58.8 Å². The zero-order valence-corrected chi connectivity index (χ0v) is 12.8. The van der Waals surface area contributed by atoms with Crippen LogP contribution in [0.1, 0.15) is 22.8 Å². The van der Waals surface area contributed by atoms with Gasteiger partial charge >= 0.3 is 0 Å². The van der Waals surface area contributed by atoms with Crippen molar-refractivity contribution >= 4 is 39.0 Å². The fraction of sp³-hybridized carbons (Fsp3) is 0.118. The molecule has 100 valence electrons. The Morgan fingerprint density at radius 3 is 2.60 bits per heavy atom. The van der Waals surface area contributed by atoms with Gasteiger partial charge in [-0.05, 0) is 41.5 Å². The van der Waals surface area contributed by atoms with Crippen molar-refractivity contribution in [3.8, 4) is 0 Å². The molecule has 0 atom stereocenters. The van der Waals surface area contributed by atoms with E-state index in [0.29, 0.717) is 0 Å². The van der Waals surface area contributed by atoms with Gasteiger partial charge in [-0.3, -0.25) is 4.79 Å². The van der Waals surface area contributed by atoms with E-state index < -0.39 is 0 Å². The van der Waals surface area contributed by atoms with E-state index in [1.807, 2.05) is 36.0 Å². The summed E-state index contributed by atoms with van der Waals surface area (Å²) in [6.07, 6.45) is 0. The van der Waals surface area contributed by atoms with E-state index >= 15 is 0 Å². The minimum absolute atomic E-state index is 0.116. The molecule has 0 fully saturated rings. The van der Waals surface area contributed by atoms with Crippen LogP contribution in [0.25, 0.3) is 10.1 Å². The molecule has 0 saturated carbocycles. The van der Waals surface area contributed by atoms with Crippen LogP contribution in [0, 0.1) is 0 Å². The standard InChI is InChI=1S/C17H14OS2/c1-12(18)13-6-8-15(9-7-13)19-10-14-11-20-17-5-3-2-4-16(14)17/h2-9,11H,10H2,1H3. The summed E-state index contributed by atoms with van der Waals surface area (Å²) in [6, 6.07) is 16.4. The van der Waals surface area contributed by atoms with Gasteiger partial charge in [0.2, 0.25) is 0 Å². The van der Waals surface area contributed by atoms with Gasteiger partial charge in [0.25, 0.3) is 0 Å². The Bertz CT molecular complexity index is 741. The first-order valence-corrected chi connectivity index (χ1v) is 8.29. The van der Waals surface area contributed by atoms with Gasteiger partial charge in [0.05, 0.1) is 0 Å². The Balaban J connectivity index is 1.74. The van der Waals surface area contributed by atoms with Crippen LogP contribution in [-0.2, 0) is 5.75 Å². The highest BCUT2D eigenvalue weighted by Gasteiger charge is 2.04. The number of benzene rings is 2. The molecule has 0 aliphatic rings. The zero-order valence-electron chi connectivity index (χ0n) is 11.1. The number of carbonyl (C=O) groups excluding carboxylic acids is 1. The highest BCUT2D eigenvalue weighted by atomic mass is 32.2. The third-order valence-corrected chi connectivity index (χ3v) is 5.29. The molecule has 3 heteroatoms. The van der Waals surface area contributed by atoms with E-state index in [1.54, 1.807) is 18.3 Å². The number of thioether (sulfide) groups is 1.